The fourth-order valence-corrected chi connectivity index (χ4v) is 6.07. The van der Waals surface area contributed by atoms with E-state index in [0.29, 0.717) is 11.3 Å². The fourth-order valence-electron chi connectivity index (χ4n) is 4.91. The van der Waals surface area contributed by atoms with Crippen molar-refractivity contribution in [1.29, 1.82) is 0 Å². The van der Waals surface area contributed by atoms with Crippen molar-refractivity contribution in [2.24, 2.45) is 5.92 Å². The summed E-state index contributed by atoms with van der Waals surface area (Å²) in [6.07, 6.45) is 5.22. The summed E-state index contributed by atoms with van der Waals surface area (Å²) in [6.45, 7) is 1.88. The number of carbonyl (C=O) groups is 1. The van der Waals surface area contributed by atoms with Crippen LogP contribution >= 0.6 is 0 Å². The molecule has 1 aliphatic heterocycles. The molecule has 0 radical (unpaired) electrons. The number of fused-ring (bicyclic) bond motifs is 3. The van der Waals surface area contributed by atoms with Crippen LogP contribution in [-0.2, 0) is 14.8 Å². The quantitative estimate of drug-likeness (QED) is 0.382. The molecular formula is C27H26N2O4S. The van der Waals surface area contributed by atoms with Crippen LogP contribution in [0.15, 0.2) is 83.8 Å². The number of carbonyl (C=O) groups excluding carboxylic acids is 1. The Morgan fingerprint density at radius 3 is 2.56 bits per heavy atom. The zero-order valence-electron chi connectivity index (χ0n) is 19.0. The number of hydrogen-bond donors (Lipinski definition) is 2. The molecule has 6 nitrogen and oxygen atoms in total. The number of methoxy groups -OCH3 is 1. The molecule has 0 aromatic heterocycles. The van der Waals surface area contributed by atoms with E-state index in [2.05, 4.69) is 22.2 Å². The van der Waals surface area contributed by atoms with E-state index in [1.807, 2.05) is 43.3 Å². The summed E-state index contributed by atoms with van der Waals surface area (Å²) >= 11 is 0. The van der Waals surface area contributed by atoms with Gasteiger partial charge in [0.25, 0.3) is 10.0 Å². The second-order valence-corrected chi connectivity index (χ2v) is 10.4. The Kier molecular flexibility index (Phi) is 5.65. The summed E-state index contributed by atoms with van der Waals surface area (Å²) in [5.74, 6) is -0.00384. The molecule has 0 spiro atoms. The number of sulfonamides is 1. The standard InChI is InChI=1S/C27H26N2O4S/c1-17-6-3-4-9-24(17)29-34(31,32)20-14-15-25-23(16-20)21-7-5-8-22(21)26(28-25)18-10-12-19(13-11-18)27(30)33-2/h3-7,9-16,21-22,26,28-29H,8H2,1-2H3/t21-,22+,26+/m0/s1. The molecule has 2 N–H and O–H groups in total. The highest BCUT2D eigenvalue weighted by Crippen LogP contribution is 2.50. The van der Waals surface area contributed by atoms with Gasteiger partial charge in [0, 0.05) is 11.6 Å². The molecule has 3 aromatic carbocycles. The summed E-state index contributed by atoms with van der Waals surface area (Å²) in [5, 5.41) is 3.61. The van der Waals surface area contributed by atoms with Gasteiger partial charge in [-0.2, -0.15) is 0 Å². The zero-order valence-corrected chi connectivity index (χ0v) is 19.8. The fraction of sp³-hybridized carbons (Fsp3) is 0.222. The van der Waals surface area contributed by atoms with Crippen molar-refractivity contribution >= 4 is 27.4 Å². The number of anilines is 2. The highest BCUT2D eigenvalue weighted by Gasteiger charge is 2.38. The number of esters is 1. The minimum Gasteiger partial charge on any atom is -0.465 e. The lowest BCUT2D eigenvalue weighted by atomic mass is 9.77. The van der Waals surface area contributed by atoms with E-state index in [4.69, 9.17) is 4.74 Å². The third-order valence-electron chi connectivity index (χ3n) is 6.72. The first-order valence-corrected chi connectivity index (χ1v) is 12.7. The van der Waals surface area contributed by atoms with Gasteiger partial charge >= 0.3 is 5.97 Å². The molecule has 174 valence electrons. The van der Waals surface area contributed by atoms with Gasteiger partial charge in [-0.3, -0.25) is 4.72 Å². The Hall–Kier alpha value is -3.58. The van der Waals surface area contributed by atoms with Crippen molar-refractivity contribution in [1.82, 2.24) is 0 Å². The number of aryl methyl sites for hydroxylation is 1. The SMILES string of the molecule is COC(=O)c1ccc([C@H]2Nc3ccc(S(=O)(=O)Nc4ccccc4C)cc3[C@H]3C=CC[C@H]32)cc1. The van der Waals surface area contributed by atoms with Crippen molar-refractivity contribution in [2.75, 3.05) is 17.1 Å². The lowest BCUT2D eigenvalue weighted by Crippen LogP contribution is -2.29. The first-order chi connectivity index (χ1) is 16.4. The van der Waals surface area contributed by atoms with Gasteiger partial charge in [-0.15, -0.1) is 0 Å². The lowest BCUT2D eigenvalue weighted by Gasteiger charge is -2.37. The maximum absolute atomic E-state index is 13.1. The summed E-state index contributed by atoms with van der Waals surface area (Å²) in [7, 11) is -2.35. The van der Waals surface area contributed by atoms with Crippen molar-refractivity contribution in [3.63, 3.8) is 0 Å². The molecular weight excluding hydrogens is 448 g/mol. The predicted octanol–water partition coefficient (Wildman–Crippen LogP) is 5.41. The van der Waals surface area contributed by atoms with Gasteiger partial charge in [0.15, 0.2) is 0 Å². The van der Waals surface area contributed by atoms with Crippen LogP contribution in [0.1, 0.15) is 45.4 Å². The van der Waals surface area contributed by atoms with E-state index in [1.54, 1.807) is 30.3 Å². The molecule has 3 atom stereocenters. The van der Waals surface area contributed by atoms with Gasteiger partial charge in [0.1, 0.15) is 0 Å². The summed E-state index contributed by atoms with van der Waals surface area (Å²) < 4.78 is 33.8. The molecule has 0 fully saturated rings. The highest BCUT2D eigenvalue weighted by molar-refractivity contribution is 7.92. The molecule has 1 heterocycles. The molecule has 5 rings (SSSR count). The normalized spacial score (nSPS) is 20.7. The minimum atomic E-state index is -3.72. The molecule has 34 heavy (non-hydrogen) atoms. The topological polar surface area (TPSA) is 84.5 Å². The Morgan fingerprint density at radius 2 is 1.82 bits per heavy atom. The molecule has 7 heteroatoms. The largest absolute Gasteiger partial charge is 0.465 e. The average Bonchev–Trinajstić information content (AvgIpc) is 3.34. The van der Waals surface area contributed by atoms with Crippen LogP contribution in [0.4, 0.5) is 11.4 Å². The van der Waals surface area contributed by atoms with Crippen LogP contribution in [0, 0.1) is 12.8 Å². The maximum Gasteiger partial charge on any atom is 0.337 e. The summed E-state index contributed by atoms with van der Waals surface area (Å²) in [5.41, 5.74) is 4.94. The number of allylic oxidation sites excluding steroid dienone is 2. The average molecular weight is 475 g/mol. The summed E-state index contributed by atoms with van der Waals surface area (Å²) in [4.78, 5) is 12.0. The summed E-state index contributed by atoms with van der Waals surface area (Å²) in [6, 6.07) is 20.1. The number of nitrogens with one attached hydrogen (secondary N) is 2. The van der Waals surface area contributed by atoms with Gasteiger partial charge in [-0.25, -0.2) is 13.2 Å². The van der Waals surface area contributed by atoms with Gasteiger partial charge in [0.05, 0.1) is 29.3 Å². The van der Waals surface area contributed by atoms with Gasteiger partial charge in [-0.1, -0.05) is 42.5 Å². The van der Waals surface area contributed by atoms with Gasteiger partial charge in [0.2, 0.25) is 0 Å². The monoisotopic (exact) mass is 474 g/mol. The van der Waals surface area contributed by atoms with Gasteiger partial charge in [-0.05, 0) is 72.4 Å². The molecule has 0 saturated heterocycles. The second-order valence-electron chi connectivity index (χ2n) is 8.76. The maximum atomic E-state index is 13.1. The Balaban J connectivity index is 1.46. The number of para-hydroxylation sites is 1. The van der Waals surface area contributed by atoms with E-state index in [-0.39, 0.29) is 28.7 Å². The zero-order chi connectivity index (χ0) is 23.9. The van der Waals surface area contributed by atoms with Crippen molar-refractivity contribution in [2.45, 2.75) is 30.2 Å². The highest BCUT2D eigenvalue weighted by atomic mass is 32.2. The number of ether oxygens (including phenoxy) is 1. The van der Waals surface area contributed by atoms with E-state index < -0.39 is 10.0 Å². The van der Waals surface area contributed by atoms with Crippen LogP contribution in [0.2, 0.25) is 0 Å². The molecule has 2 aliphatic rings. The third-order valence-corrected chi connectivity index (χ3v) is 8.09. The van der Waals surface area contributed by atoms with Crippen molar-refractivity contribution in [3.05, 3.63) is 101 Å². The van der Waals surface area contributed by atoms with E-state index in [0.717, 1.165) is 28.8 Å². The van der Waals surface area contributed by atoms with Gasteiger partial charge < -0.3 is 10.1 Å². The molecule has 0 unspecified atom stereocenters. The van der Waals surface area contributed by atoms with Crippen LogP contribution in [0.3, 0.4) is 0 Å². The molecule has 1 aliphatic carbocycles. The number of benzene rings is 3. The lowest BCUT2D eigenvalue weighted by molar-refractivity contribution is 0.0600. The molecule has 0 saturated carbocycles. The molecule has 3 aromatic rings. The smallest absolute Gasteiger partial charge is 0.337 e. The van der Waals surface area contributed by atoms with Crippen LogP contribution in [0.25, 0.3) is 0 Å². The Labute approximate surface area is 199 Å². The van der Waals surface area contributed by atoms with E-state index in [9.17, 15) is 13.2 Å². The number of rotatable bonds is 5. The number of hydrogen-bond acceptors (Lipinski definition) is 5. The van der Waals surface area contributed by atoms with E-state index >= 15 is 0 Å². The predicted molar refractivity (Wildman–Crippen MR) is 133 cm³/mol. The Morgan fingerprint density at radius 1 is 1.06 bits per heavy atom. The van der Waals surface area contributed by atoms with Crippen molar-refractivity contribution < 1.29 is 17.9 Å². The first kappa shape index (κ1) is 22.2. The first-order valence-electron chi connectivity index (χ1n) is 11.2. The van der Waals surface area contributed by atoms with Crippen LogP contribution in [0.5, 0.6) is 0 Å². The van der Waals surface area contributed by atoms with Crippen LogP contribution < -0.4 is 10.0 Å². The van der Waals surface area contributed by atoms with E-state index in [1.165, 1.54) is 7.11 Å². The van der Waals surface area contributed by atoms with Crippen LogP contribution in [-0.4, -0.2) is 21.5 Å². The minimum absolute atomic E-state index is 0.0479. The third kappa shape index (κ3) is 3.96. The molecule has 0 amide bonds. The Bertz CT molecular complexity index is 1380. The second kappa shape index (κ2) is 8.65. The van der Waals surface area contributed by atoms with Crippen molar-refractivity contribution in [3.8, 4) is 0 Å². The molecule has 0 bridgehead atoms.